The average molecular weight is 1050 g/mol. The van der Waals surface area contributed by atoms with Crippen molar-refractivity contribution in [3.8, 4) is 39.4 Å². The third kappa shape index (κ3) is 7.74. The first kappa shape index (κ1) is 48.1. The average Bonchev–Trinajstić information content (AvgIpc) is 4.02. The van der Waals surface area contributed by atoms with Crippen molar-refractivity contribution < 1.29 is 13.9 Å². The van der Waals surface area contributed by atoms with Gasteiger partial charge >= 0.3 is 0 Å². The fraction of sp³-hybridized carbons (Fsp3) is 0.0137. The van der Waals surface area contributed by atoms with Crippen LogP contribution in [0.1, 0.15) is 22.3 Å². The van der Waals surface area contributed by atoms with Crippen LogP contribution in [0.3, 0.4) is 0 Å². The number of rotatable bonds is 12. The summed E-state index contributed by atoms with van der Waals surface area (Å²) in [5.74, 6) is 0.842. The Balaban J connectivity index is 0.928. The minimum absolute atomic E-state index is 0.416. The fourth-order valence-electron chi connectivity index (χ4n) is 12.4. The summed E-state index contributed by atoms with van der Waals surface area (Å²) in [6.07, 6.45) is 0. The van der Waals surface area contributed by atoms with Gasteiger partial charge in [-0.25, -0.2) is 0 Å². The van der Waals surface area contributed by atoms with E-state index in [9.17, 15) is 0 Å². The Bertz CT molecular complexity index is 4310. The normalized spacial score (nSPS) is 12.8. The molecule has 0 N–H and O–H groups in total. The van der Waals surface area contributed by atoms with E-state index in [2.05, 4.69) is 150 Å². The molecule has 0 saturated heterocycles. The zero-order valence-corrected chi connectivity index (χ0v) is 44.8. The third-order valence-electron chi connectivity index (χ3n) is 15.9. The van der Waals surface area contributed by atoms with E-state index in [4.69, 9.17) is 4.74 Å². The van der Waals surface area contributed by atoms with Gasteiger partial charge in [0.2, 0.25) is 0 Å². The molecular formula is C73H51NO3P2. The summed E-state index contributed by atoms with van der Waals surface area (Å²) in [5.41, 5.74) is 11.8. The van der Waals surface area contributed by atoms with Crippen LogP contribution in [0, 0.1) is 0 Å². The molecule has 0 unspecified atom stereocenters. The van der Waals surface area contributed by atoms with Gasteiger partial charge in [0.05, 0.1) is 27.1 Å². The lowest BCUT2D eigenvalue weighted by molar-refractivity contribution is 0.489. The SMILES string of the molecule is O=P(c1ccccc1)(c1ccccc1)c1ccccc1Oc1ccc(-c2ccc(C3(c4ccc(-n5c6ccccc6c6ccccc65)cc4)c4ccccc4-c4ccccc43)cc2)cc1P(=O)(c1ccccc1)c1ccccc1. The Kier molecular flexibility index (Phi) is 11.9. The summed E-state index contributed by atoms with van der Waals surface area (Å²) in [4.78, 5) is 0. The highest BCUT2D eigenvalue weighted by Crippen LogP contribution is 2.57. The molecule has 0 radical (unpaired) electrons. The second kappa shape index (κ2) is 19.6. The van der Waals surface area contributed by atoms with Crippen LogP contribution in [0.4, 0.5) is 0 Å². The number of benzene rings is 12. The Morgan fingerprint density at radius 1 is 0.316 bits per heavy atom. The number of para-hydroxylation sites is 3. The Morgan fingerprint density at radius 3 is 1.20 bits per heavy atom. The summed E-state index contributed by atoms with van der Waals surface area (Å²) in [5, 5.41) is 6.29. The number of aromatic nitrogens is 1. The van der Waals surface area contributed by atoms with Gasteiger partial charge in [-0.2, -0.15) is 0 Å². The maximum Gasteiger partial charge on any atom is 0.174 e. The maximum atomic E-state index is 16.7. The van der Waals surface area contributed by atoms with E-state index in [0.29, 0.717) is 43.3 Å². The van der Waals surface area contributed by atoms with Crippen LogP contribution in [0.25, 0.3) is 49.7 Å². The van der Waals surface area contributed by atoms with E-state index in [0.717, 1.165) is 22.4 Å². The van der Waals surface area contributed by atoms with E-state index in [1.165, 1.54) is 49.6 Å². The van der Waals surface area contributed by atoms with E-state index in [1.807, 2.05) is 164 Å². The fourth-order valence-corrected chi connectivity index (χ4v) is 17.9. The van der Waals surface area contributed by atoms with Crippen LogP contribution in [0.15, 0.2) is 309 Å². The van der Waals surface area contributed by atoms with E-state index >= 15 is 9.13 Å². The first-order valence-corrected chi connectivity index (χ1v) is 30.1. The summed E-state index contributed by atoms with van der Waals surface area (Å²) in [6, 6.07) is 105. The highest BCUT2D eigenvalue weighted by Gasteiger charge is 2.46. The number of fused-ring (bicyclic) bond motifs is 6. The van der Waals surface area contributed by atoms with Crippen molar-refractivity contribution in [2.24, 2.45) is 0 Å². The van der Waals surface area contributed by atoms with Crippen LogP contribution in [0.2, 0.25) is 0 Å². The smallest absolute Gasteiger partial charge is 0.174 e. The largest absolute Gasteiger partial charge is 0.456 e. The Labute approximate surface area is 460 Å². The molecule has 0 spiro atoms. The molecule has 1 aliphatic rings. The zero-order chi connectivity index (χ0) is 53.0. The Hall–Kier alpha value is -9.30. The van der Waals surface area contributed by atoms with E-state index in [1.54, 1.807) is 0 Å². The number of hydrogen-bond donors (Lipinski definition) is 0. The summed E-state index contributed by atoms with van der Waals surface area (Å²) in [6.45, 7) is 0. The second-order valence-corrected chi connectivity index (χ2v) is 25.6. The van der Waals surface area contributed by atoms with Crippen LogP contribution in [-0.2, 0) is 14.5 Å². The molecule has 4 nitrogen and oxygen atoms in total. The number of ether oxygens (including phenoxy) is 1. The van der Waals surface area contributed by atoms with Crippen LogP contribution < -0.4 is 36.6 Å². The molecule has 0 saturated carbocycles. The number of hydrogen-bond acceptors (Lipinski definition) is 3. The van der Waals surface area contributed by atoms with Gasteiger partial charge in [-0.3, -0.25) is 0 Å². The molecule has 1 aromatic heterocycles. The molecule has 6 heteroatoms. The standard InChI is InChI=1S/C73H51NO3P2/c75-78(57-23-5-1-6-24-57,58-25-7-2-8-26-58)71-40-22-21-39-69(71)77-70-50-43-53(51-72(70)79(76,59-27-9-3-10-28-59)60-29-11-4-12-30-60)52-41-44-54(45-42-52)73(65-35-17-13-31-61(65)62-32-14-18-36-66(62)73)55-46-48-56(49-47-55)74-67-37-19-15-33-63(67)64-34-16-20-38-68(64)74/h1-51H. The minimum atomic E-state index is -3.67. The lowest BCUT2D eigenvalue weighted by atomic mass is 9.67. The van der Waals surface area contributed by atoms with Gasteiger partial charge in [0.15, 0.2) is 14.3 Å². The molecule has 12 aromatic carbocycles. The molecule has 376 valence electrons. The van der Waals surface area contributed by atoms with Gasteiger partial charge in [0.1, 0.15) is 11.5 Å². The zero-order valence-electron chi connectivity index (χ0n) is 43.0. The van der Waals surface area contributed by atoms with Crippen molar-refractivity contribution in [3.63, 3.8) is 0 Å². The Morgan fingerprint density at radius 2 is 0.696 bits per heavy atom. The minimum Gasteiger partial charge on any atom is -0.456 e. The van der Waals surface area contributed by atoms with Gasteiger partial charge in [0.25, 0.3) is 0 Å². The van der Waals surface area contributed by atoms with Crippen LogP contribution in [-0.4, -0.2) is 4.57 Å². The van der Waals surface area contributed by atoms with Crippen LogP contribution >= 0.6 is 14.3 Å². The summed E-state index contributed by atoms with van der Waals surface area (Å²) >= 11 is 0. The maximum absolute atomic E-state index is 16.7. The predicted molar refractivity (Wildman–Crippen MR) is 329 cm³/mol. The molecule has 14 rings (SSSR count). The highest BCUT2D eigenvalue weighted by molar-refractivity contribution is 7.86. The first-order valence-electron chi connectivity index (χ1n) is 26.7. The molecule has 1 heterocycles. The molecule has 79 heavy (non-hydrogen) atoms. The van der Waals surface area contributed by atoms with Crippen molar-refractivity contribution >= 4 is 67.9 Å². The van der Waals surface area contributed by atoms with E-state index < -0.39 is 19.7 Å². The molecule has 0 amide bonds. The van der Waals surface area contributed by atoms with Gasteiger partial charge < -0.3 is 18.4 Å². The van der Waals surface area contributed by atoms with Gasteiger partial charge in [0, 0.05) is 37.7 Å². The van der Waals surface area contributed by atoms with Crippen LogP contribution in [0.5, 0.6) is 11.5 Å². The van der Waals surface area contributed by atoms with Crippen molar-refractivity contribution in [2.45, 2.75) is 5.41 Å². The summed E-state index contributed by atoms with van der Waals surface area (Å²) in [7, 11) is -7.16. The van der Waals surface area contributed by atoms with Crippen molar-refractivity contribution in [3.05, 3.63) is 332 Å². The third-order valence-corrected chi connectivity index (χ3v) is 22.1. The highest BCUT2D eigenvalue weighted by atomic mass is 31.2. The lowest BCUT2D eigenvalue weighted by Crippen LogP contribution is -2.28. The molecule has 1 aliphatic carbocycles. The lowest BCUT2D eigenvalue weighted by Gasteiger charge is -2.34. The molecular weight excluding hydrogens is 1000 g/mol. The van der Waals surface area contributed by atoms with Gasteiger partial charge in [-0.05, 0) is 93.0 Å². The van der Waals surface area contributed by atoms with E-state index in [-0.39, 0.29) is 0 Å². The second-order valence-electron chi connectivity index (χ2n) is 20.1. The van der Waals surface area contributed by atoms with Crippen molar-refractivity contribution in [1.82, 2.24) is 4.57 Å². The first-order chi connectivity index (χ1) is 39.0. The quantitative estimate of drug-likeness (QED) is 0.115. The molecule has 0 atom stereocenters. The molecule has 0 aliphatic heterocycles. The number of nitrogens with zero attached hydrogens (tertiary/aromatic N) is 1. The summed E-state index contributed by atoms with van der Waals surface area (Å²) < 4.78 is 42.2. The molecule has 0 fully saturated rings. The van der Waals surface area contributed by atoms with Crippen molar-refractivity contribution in [1.29, 1.82) is 0 Å². The predicted octanol–water partition coefficient (Wildman–Crippen LogP) is 15.9. The van der Waals surface area contributed by atoms with Gasteiger partial charge in [-0.1, -0.05) is 261 Å². The van der Waals surface area contributed by atoms with Gasteiger partial charge in [-0.15, -0.1) is 0 Å². The molecule has 13 aromatic rings. The monoisotopic (exact) mass is 1050 g/mol. The molecule has 0 bridgehead atoms. The van der Waals surface area contributed by atoms with Crippen molar-refractivity contribution in [2.75, 3.05) is 0 Å². The topological polar surface area (TPSA) is 48.3 Å².